The van der Waals surface area contributed by atoms with Crippen LogP contribution in [0.4, 0.5) is 0 Å². The number of nitrogens with one attached hydrogen (secondary N) is 4. The number of carbonyl (C=O) groups excluding carboxylic acids is 4. The summed E-state index contributed by atoms with van der Waals surface area (Å²) in [5.74, 6) is -1.11. The van der Waals surface area contributed by atoms with Crippen molar-refractivity contribution in [3.63, 3.8) is 0 Å². The first kappa shape index (κ1) is 50.7. The number of amides is 4. The van der Waals surface area contributed by atoms with Crippen LogP contribution in [0.2, 0.25) is 0 Å². The lowest BCUT2D eigenvalue weighted by Crippen LogP contribution is -2.42. The molecule has 4 bridgehead atoms. The highest BCUT2D eigenvalue weighted by molar-refractivity contribution is 6.02. The molecule has 0 spiro atoms. The quantitative estimate of drug-likeness (QED) is 0.0563. The van der Waals surface area contributed by atoms with Crippen LogP contribution in [-0.2, 0) is 0 Å². The second-order valence-electron chi connectivity index (χ2n) is 18.2. The molecule has 7 rings (SSSR count). The molecule has 4 atom stereocenters. The Bertz CT molecular complexity index is 2250. The molecule has 0 radical (unpaired) electrons. The van der Waals surface area contributed by atoms with Crippen LogP contribution in [0.25, 0.3) is 0 Å². The Labute approximate surface area is 414 Å². The van der Waals surface area contributed by atoms with Crippen molar-refractivity contribution >= 4 is 23.6 Å². The second-order valence-corrected chi connectivity index (χ2v) is 18.2. The molecule has 0 aliphatic carbocycles. The van der Waals surface area contributed by atoms with Gasteiger partial charge in [0.15, 0.2) is 0 Å². The fourth-order valence-electron chi connectivity index (χ4n) is 9.01. The summed E-state index contributed by atoms with van der Waals surface area (Å²) in [6, 6.07) is 44.5. The van der Waals surface area contributed by atoms with Crippen molar-refractivity contribution in [1.29, 1.82) is 0 Å². The summed E-state index contributed by atoms with van der Waals surface area (Å²) in [4.78, 5) is 59.7. The molecule has 0 fully saturated rings. The van der Waals surface area contributed by atoms with Gasteiger partial charge in [-0.2, -0.15) is 0 Å². The van der Waals surface area contributed by atoms with Gasteiger partial charge in [-0.15, -0.1) is 0 Å². The number of fused-ring (bicyclic) bond motifs is 4. The molecule has 1 aliphatic rings. The zero-order valence-corrected chi connectivity index (χ0v) is 40.7. The number of ether oxygens (including phenoxy) is 2. The minimum absolute atomic E-state index is 0.204. The fraction of sp³-hybridized carbons (Fsp3) is 0.333. The van der Waals surface area contributed by atoms with Crippen molar-refractivity contribution in [2.45, 2.75) is 115 Å². The molecule has 4 amide bonds. The van der Waals surface area contributed by atoms with Gasteiger partial charge in [0.25, 0.3) is 23.6 Å². The van der Waals surface area contributed by atoms with Gasteiger partial charge in [0, 0.05) is 22.3 Å². The summed E-state index contributed by atoms with van der Waals surface area (Å²) in [5.41, 5.74) is 3.76. The van der Waals surface area contributed by atoms with Gasteiger partial charge in [-0.05, 0) is 71.5 Å². The van der Waals surface area contributed by atoms with Crippen LogP contribution in [0.1, 0.15) is 179 Å². The van der Waals surface area contributed by atoms with E-state index in [1.54, 1.807) is 36.4 Å². The molecule has 1 aliphatic heterocycles. The molecule has 364 valence electrons. The molecule has 10 nitrogen and oxygen atoms in total. The molecule has 1 heterocycles. The van der Waals surface area contributed by atoms with Gasteiger partial charge < -0.3 is 30.7 Å². The topological polar surface area (TPSA) is 135 Å². The first-order valence-electron chi connectivity index (χ1n) is 25.3. The van der Waals surface area contributed by atoms with E-state index in [0.29, 0.717) is 24.7 Å². The average molecular weight is 941 g/mol. The van der Waals surface area contributed by atoms with E-state index >= 15 is 0 Å². The largest absolute Gasteiger partial charge is 0.494 e. The van der Waals surface area contributed by atoms with Crippen LogP contribution < -0.4 is 30.7 Å². The summed E-state index contributed by atoms with van der Waals surface area (Å²) < 4.78 is 12.7. The number of hydrogen-bond acceptors (Lipinski definition) is 6. The normalized spacial score (nSPS) is 17.5. The van der Waals surface area contributed by atoms with Crippen LogP contribution in [0, 0.1) is 0 Å². The van der Waals surface area contributed by atoms with Crippen LogP contribution in [0.3, 0.4) is 0 Å². The van der Waals surface area contributed by atoms with Gasteiger partial charge in [-0.3, -0.25) is 19.2 Å². The maximum absolute atomic E-state index is 14.9. The van der Waals surface area contributed by atoms with E-state index in [2.05, 4.69) is 35.1 Å². The van der Waals surface area contributed by atoms with E-state index in [4.69, 9.17) is 9.47 Å². The third kappa shape index (κ3) is 14.4. The highest BCUT2D eigenvalue weighted by Gasteiger charge is 2.33. The van der Waals surface area contributed by atoms with Gasteiger partial charge in [0.1, 0.15) is 11.5 Å². The third-order valence-electron chi connectivity index (χ3n) is 12.8. The molecule has 6 aromatic rings. The fourth-order valence-corrected chi connectivity index (χ4v) is 9.01. The molecule has 10 heteroatoms. The predicted octanol–water partition coefficient (Wildman–Crippen LogP) is 12.8. The maximum Gasteiger partial charge on any atom is 0.252 e. The molecule has 0 saturated carbocycles. The predicted molar refractivity (Wildman–Crippen MR) is 277 cm³/mol. The highest BCUT2D eigenvalue weighted by Crippen LogP contribution is 2.34. The van der Waals surface area contributed by atoms with E-state index in [-0.39, 0.29) is 22.3 Å². The van der Waals surface area contributed by atoms with Crippen molar-refractivity contribution in [2.75, 3.05) is 13.2 Å². The van der Waals surface area contributed by atoms with Crippen LogP contribution >= 0.6 is 0 Å². The zero-order valence-electron chi connectivity index (χ0n) is 40.7. The Morgan fingerprint density at radius 3 is 0.829 bits per heavy atom. The van der Waals surface area contributed by atoms with E-state index in [1.807, 2.05) is 121 Å². The number of hydrogen-bond donors (Lipinski definition) is 4. The Morgan fingerprint density at radius 2 is 0.571 bits per heavy atom. The van der Waals surface area contributed by atoms with E-state index in [0.717, 1.165) is 86.5 Å². The first-order valence-corrected chi connectivity index (χ1v) is 25.3. The summed E-state index contributed by atoms with van der Waals surface area (Å²) in [5, 5.41) is 13.1. The summed E-state index contributed by atoms with van der Waals surface area (Å²) in [6.07, 6.45) is 12.9. The molecule has 6 aromatic carbocycles. The van der Waals surface area contributed by atoms with Crippen LogP contribution in [0.5, 0.6) is 11.5 Å². The average Bonchev–Trinajstić information content (AvgIpc) is 3.40. The van der Waals surface area contributed by atoms with Crippen molar-refractivity contribution in [3.8, 4) is 11.5 Å². The monoisotopic (exact) mass is 941 g/mol. The summed E-state index contributed by atoms with van der Waals surface area (Å²) >= 11 is 0. The number of carbonyl (C=O) groups is 4. The molecule has 2 unspecified atom stereocenters. The molecule has 0 saturated heterocycles. The Kier molecular flexibility index (Phi) is 19.2. The maximum atomic E-state index is 14.9. The van der Waals surface area contributed by atoms with Crippen LogP contribution in [-0.4, -0.2) is 36.8 Å². The Morgan fingerprint density at radius 1 is 0.329 bits per heavy atom. The van der Waals surface area contributed by atoms with E-state index in [1.165, 1.54) is 12.8 Å². The standard InChI is InChI=1S/C60H68N4O6/c1-3-5-7-9-11-25-35-69-51-39-47-37-48(40-51)58(66)62-54(44-29-19-14-20-30-44)56(46-33-23-16-24-34-46)64-60(68)50-38-49(41-52(42-50)70-36-26-12-10-8-6-4-2)59(67)63-55(45-31-21-15-22-32-45)53(61-57(47)65)43-27-17-13-18-28-43/h13-24,27-34,37-42,53-56H,3-12,25-26,35-36H2,1-2H3,(H,61,65)(H,62,66)(H,63,67)(H,64,68)/t53-,54?,55?,56-/m1/s1. The third-order valence-corrected chi connectivity index (χ3v) is 12.8. The lowest BCUT2D eigenvalue weighted by atomic mass is 9.91. The molecular weight excluding hydrogens is 873 g/mol. The van der Waals surface area contributed by atoms with Gasteiger partial charge >= 0.3 is 0 Å². The minimum Gasteiger partial charge on any atom is -0.494 e. The number of rotatable bonds is 20. The SMILES string of the molecule is CCCCCCCCOc1cc2cc(c1)C(=O)N[C@H](c1ccccc1)C(c1ccccc1)NC(=O)c1cc(OCCCCCCCC)cc(c1)C(=O)N[C@H](c1ccccc1)C(c1ccccc1)NC2=O. The number of unbranched alkanes of at least 4 members (excludes halogenated alkanes) is 10. The molecule has 70 heavy (non-hydrogen) atoms. The van der Waals surface area contributed by atoms with Gasteiger partial charge in [-0.25, -0.2) is 0 Å². The second kappa shape index (κ2) is 26.5. The van der Waals surface area contributed by atoms with Gasteiger partial charge in [0.05, 0.1) is 37.4 Å². The van der Waals surface area contributed by atoms with E-state index < -0.39 is 47.8 Å². The van der Waals surface area contributed by atoms with Crippen molar-refractivity contribution in [1.82, 2.24) is 21.3 Å². The van der Waals surface area contributed by atoms with Gasteiger partial charge in [0.2, 0.25) is 0 Å². The van der Waals surface area contributed by atoms with Crippen molar-refractivity contribution < 1.29 is 28.7 Å². The van der Waals surface area contributed by atoms with Crippen LogP contribution in [0.15, 0.2) is 158 Å². The Balaban J connectivity index is 1.35. The summed E-state index contributed by atoms with van der Waals surface area (Å²) in [7, 11) is 0. The van der Waals surface area contributed by atoms with E-state index in [9.17, 15) is 19.2 Å². The summed E-state index contributed by atoms with van der Waals surface area (Å²) in [6.45, 7) is 5.21. The molecular formula is C60H68N4O6. The zero-order chi connectivity index (χ0) is 48.9. The molecule has 4 N–H and O–H groups in total. The smallest absolute Gasteiger partial charge is 0.252 e. The highest BCUT2D eigenvalue weighted by atomic mass is 16.5. The van der Waals surface area contributed by atoms with Crippen molar-refractivity contribution in [3.05, 3.63) is 202 Å². The molecule has 0 aromatic heterocycles. The lowest BCUT2D eigenvalue weighted by Gasteiger charge is -2.31. The number of benzene rings is 6. The minimum atomic E-state index is -0.798. The first-order chi connectivity index (χ1) is 34.3. The van der Waals surface area contributed by atoms with Gasteiger partial charge in [-0.1, -0.05) is 199 Å². The lowest BCUT2D eigenvalue weighted by molar-refractivity contribution is 0.0873. The van der Waals surface area contributed by atoms with Crippen molar-refractivity contribution in [2.24, 2.45) is 0 Å². The Hall–Kier alpha value is -7.20.